The molecule has 1 aliphatic heterocycles. The van der Waals surface area contributed by atoms with Crippen molar-refractivity contribution in [3.63, 3.8) is 0 Å². The highest BCUT2D eigenvalue weighted by molar-refractivity contribution is 5.75. The number of urea groups is 1. The summed E-state index contributed by atoms with van der Waals surface area (Å²) in [6.07, 6.45) is 4.55. The van der Waals surface area contributed by atoms with E-state index in [1.54, 1.807) is 0 Å². The monoisotopic (exact) mass is 329 g/mol. The van der Waals surface area contributed by atoms with Crippen LogP contribution in [0.2, 0.25) is 0 Å². The zero-order valence-electron chi connectivity index (χ0n) is 14.0. The molecule has 1 saturated heterocycles. The molecule has 2 amide bonds. The summed E-state index contributed by atoms with van der Waals surface area (Å²) in [7, 11) is 0. The number of para-hydroxylation sites is 1. The van der Waals surface area contributed by atoms with Gasteiger partial charge in [-0.15, -0.1) is 0 Å². The van der Waals surface area contributed by atoms with Crippen LogP contribution < -0.4 is 15.5 Å². The first kappa shape index (κ1) is 15.8. The second kappa shape index (κ2) is 6.63. The van der Waals surface area contributed by atoms with Gasteiger partial charge in [0.05, 0.1) is 0 Å². The molecule has 2 saturated carbocycles. The van der Waals surface area contributed by atoms with Crippen molar-refractivity contribution >= 4 is 11.7 Å². The molecule has 5 nitrogen and oxygen atoms in total. The topological polar surface area (TPSA) is 64.6 Å². The first-order valence-corrected chi connectivity index (χ1v) is 9.22. The third-order valence-corrected chi connectivity index (χ3v) is 6.24. The third kappa shape index (κ3) is 2.97. The Balaban J connectivity index is 1.29. The van der Waals surface area contributed by atoms with Gasteiger partial charge in [0.25, 0.3) is 0 Å². The molecule has 3 N–H and O–H groups in total. The van der Waals surface area contributed by atoms with E-state index in [0.717, 1.165) is 19.5 Å². The number of anilines is 1. The largest absolute Gasteiger partial charge is 0.396 e. The predicted molar refractivity (Wildman–Crippen MR) is 93.9 cm³/mol. The van der Waals surface area contributed by atoms with E-state index < -0.39 is 0 Å². The first-order valence-electron chi connectivity index (χ1n) is 9.22. The Labute approximate surface area is 143 Å². The Hall–Kier alpha value is -1.75. The van der Waals surface area contributed by atoms with Crippen LogP contribution in [0, 0.1) is 17.8 Å². The van der Waals surface area contributed by atoms with Crippen molar-refractivity contribution < 1.29 is 9.90 Å². The first-order chi connectivity index (χ1) is 11.7. The minimum Gasteiger partial charge on any atom is -0.396 e. The quantitative estimate of drug-likeness (QED) is 0.791. The van der Waals surface area contributed by atoms with E-state index >= 15 is 0 Å². The van der Waals surface area contributed by atoms with Crippen LogP contribution in [0.5, 0.6) is 0 Å². The van der Waals surface area contributed by atoms with E-state index in [-0.39, 0.29) is 30.6 Å². The van der Waals surface area contributed by atoms with Crippen molar-refractivity contribution in [1.29, 1.82) is 0 Å². The number of benzene rings is 1. The van der Waals surface area contributed by atoms with Crippen molar-refractivity contribution in [2.75, 3.05) is 24.6 Å². The number of aliphatic hydroxyl groups excluding tert-OH is 1. The lowest BCUT2D eigenvalue weighted by molar-refractivity contribution is 0.144. The number of carbonyl (C=O) groups is 1. The summed E-state index contributed by atoms with van der Waals surface area (Å²) in [4.78, 5) is 14.7. The van der Waals surface area contributed by atoms with Gasteiger partial charge in [0.2, 0.25) is 0 Å². The lowest BCUT2D eigenvalue weighted by atomic mass is 9.85. The van der Waals surface area contributed by atoms with Gasteiger partial charge in [-0.05, 0) is 49.7 Å². The molecule has 130 valence electrons. The zero-order valence-corrected chi connectivity index (χ0v) is 14.0. The van der Waals surface area contributed by atoms with Gasteiger partial charge in [-0.2, -0.15) is 0 Å². The van der Waals surface area contributed by atoms with Gasteiger partial charge < -0.3 is 20.6 Å². The highest BCUT2D eigenvalue weighted by atomic mass is 16.3. The van der Waals surface area contributed by atoms with E-state index in [1.165, 1.54) is 24.9 Å². The highest BCUT2D eigenvalue weighted by Crippen LogP contribution is 2.48. The Morgan fingerprint density at radius 3 is 2.71 bits per heavy atom. The summed E-state index contributed by atoms with van der Waals surface area (Å²) >= 11 is 0. The van der Waals surface area contributed by atoms with E-state index in [1.807, 2.05) is 18.2 Å². The highest BCUT2D eigenvalue weighted by Gasteiger charge is 2.47. The van der Waals surface area contributed by atoms with Crippen molar-refractivity contribution in [3.8, 4) is 0 Å². The molecular formula is C19H27N3O2. The van der Waals surface area contributed by atoms with Crippen LogP contribution >= 0.6 is 0 Å². The molecular weight excluding hydrogens is 302 g/mol. The van der Waals surface area contributed by atoms with Crippen LogP contribution in [0.15, 0.2) is 30.3 Å². The Bertz CT molecular complexity index is 579. The number of hydrogen-bond acceptors (Lipinski definition) is 3. The minimum atomic E-state index is -0.0640. The molecule has 1 aromatic carbocycles. The summed E-state index contributed by atoms with van der Waals surface area (Å²) in [5.74, 6) is 1.41. The maximum Gasteiger partial charge on any atom is 0.315 e. The van der Waals surface area contributed by atoms with Gasteiger partial charge in [0.15, 0.2) is 0 Å². The molecule has 5 atom stereocenters. The molecule has 5 heteroatoms. The number of amides is 2. The molecule has 2 aliphatic carbocycles. The zero-order chi connectivity index (χ0) is 16.5. The lowest BCUT2D eigenvalue weighted by Crippen LogP contribution is -2.51. The van der Waals surface area contributed by atoms with Crippen LogP contribution in [-0.2, 0) is 0 Å². The molecule has 0 radical (unpaired) electrons. The smallest absolute Gasteiger partial charge is 0.315 e. The van der Waals surface area contributed by atoms with E-state index in [4.69, 9.17) is 0 Å². The number of rotatable bonds is 4. The molecule has 24 heavy (non-hydrogen) atoms. The normalized spacial score (nSPS) is 34.5. The maximum absolute atomic E-state index is 12.4. The molecule has 5 unspecified atom stereocenters. The maximum atomic E-state index is 12.4. The molecule has 1 heterocycles. The second-order valence-corrected chi connectivity index (χ2v) is 7.59. The van der Waals surface area contributed by atoms with E-state index in [9.17, 15) is 9.90 Å². The van der Waals surface area contributed by atoms with Crippen molar-refractivity contribution in [2.24, 2.45) is 17.8 Å². The van der Waals surface area contributed by atoms with Gasteiger partial charge in [-0.1, -0.05) is 18.2 Å². The molecule has 4 rings (SSSR count). The lowest BCUT2D eigenvalue weighted by Gasteiger charge is -2.31. The predicted octanol–water partition coefficient (Wildman–Crippen LogP) is 1.97. The van der Waals surface area contributed by atoms with E-state index in [0.29, 0.717) is 11.8 Å². The Morgan fingerprint density at radius 2 is 1.92 bits per heavy atom. The van der Waals surface area contributed by atoms with Gasteiger partial charge in [0.1, 0.15) is 0 Å². The van der Waals surface area contributed by atoms with Gasteiger partial charge in [0, 0.05) is 43.4 Å². The Morgan fingerprint density at radius 1 is 1.12 bits per heavy atom. The number of carbonyl (C=O) groups excluding carboxylic acids is 1. The van der Waals surface area contributed by atoms with Crippen molar-refractivity contribution in [1.82, 2.24) is 10.6 Å². The van der Waals surface area contributed by atoms with Gasteiger partial charge >= 0.3 is 6.03 Å². The van der Waals surface area contributed by atoms with Crippen LogP contribution in [0.4, 0.5) is 10.5 Å². The van der Waals surface area contributed by atoms with E-state index in [2.05, 4.69) is 27.7 Å². The molecule has 1 aromatic rings. The standard InChI is InChI=1S/C19H27N3O2/c23-12-17-13-6-7-14(10-13)18(17)21-19(24)20-15-8-9-22(11-15)16-4-2-1-3-5-16/h1-5,13-15,17-18,23H,6-12H2,(H2,20,21,24). The summed E-state index contributed by atoms with van der Waals surface area (Å²) in [5.41, 5.74) is 1.22. The molecule has 0 spiro atoms. The minimum absolute atomic E-state index is 0.0640. The fraction of sp³-hybridized carbons (Fsp3) is 0.632. The van der Waals surface area contributed by atoms with Gasteiger partial charge in [-0.3, -0.25) is 0 Å². The average molecular weight is 329 g/mol. The molecule has 0 aromatic heterocycles. The number of fused-ring (bicyclic) bond motifs is 2. The summed E-state index contributed by atoms with van der Waals surface area (Å²) in [5, 5.41) is 15.9. The van der Waals surface area contributed by atoms with Crippen molar-refractivity contribution in [2.45, 2.75) is 37.8 Å². The number of aliphatic hydroxyl groups is 1. The summed E-state index contributed by atoms with van der Waals surface area (Å²) in [6.45, 7) is 2.03. The second-order valence-electron chi connectivity index (χ2n) is 7.59. The SMILES string of the molecule is O=C(NC1CCN(c2ccccc2)C1)NC1C2CCC(C2)C1CO. The van der Waals surface area contributed by atoms with Crippen LogP contribution in [0.1, 0.15) is 25.7 Å². The van der Waals surface area contributed by atoms with Gasteiger partial charge in [-0.25, -0.2) is 4.79 Å². The van der Waals surface area contributed by atoms with Crippen LogP contribution in [-0.4, -0.2) is 42.9 Å². The van der Waals surface area contributed by atoms with Crippen LogP contribution in [0.3, 0.4) is 0 Å². The number of hydrogen-bond donors (Lipinski definition) is 3. The fourth-order valence-corrected chi connectivity index (χ4v) is 5.03. The Kier molecular flexibility index (Phi) is 4.35. The van der Waals surface area contributed by atoms with Crippen molar-refractivity contribution in [3.05, 3.63) is 30.3 Å². The van der Waals surface area contributed by atoms with Crippen LogP contribution in [0.25, 0.3) is 0 Å². The number of nitrogens with one attached hydrogen (secondary N) is 2. The third-order valence-electron chi connectivity index (χ3n) is 6.24. The number of nitrogens with zero attached hydrogens (tertiary/aromatic N) is 1. The summed E-state index contributed by atoms with van der Waals surface area (Å²) in [6, 6.07) is 10.6. The fourth-order valence-electron chi connectivity index (χ4n) is 5.03. The molecule has 3 fully saturated rings. The summed E-state index contributed by atoms with van der Waals surface area (Å²) < 4.78 is 0. The molecule has 3 aliphatic rings. The average Bonchev–Trinajstić information content (AvgIpc) is 3.31. The molecule has 2 bridgehead atoms.